The minimum absolute atomic E-state index is 0.0581. The first-order valence-corrected chi connectivity index (χ1v) is 5.78. The molecule has 96 valence electrons. The Labute approximate surface area is 96.6 Å². The van der Waals surface area contributed by atoms with E-state index in [1.165, 1.54) is 5.01 Å². The fourth-order valence-corrected chi connectivity index (χ4v) is 1.45. The summed E-state index contributed by atoms with van der Waals surface area (Å²) >= 11 is 0. The molecule has 2 atom stereocenters. The molecule has 3 N–H and O–H groups in total. The van der Waals surface area contributed by atoms with Crippen LogP contribution in [0.15, 0.2) is 5.29 Å². The molecule has 0 bridgehead atoms. The van der Waals surface area contributed by atoms with E-state index < -0.39 is 0 Å². The number of hydrogen-bond donors (Lipinski definition) is 3. The van der Waals surface area contributed by atoms with Gasteiger partial charge in [0.15, 0.2) is 0 Å². The zero-order valence-electron chi connectivity index (χ0n) is 10.1. The summed E-state index contributed by atoms with van der Waals surface area (Å²) in [6.45, 7) is 4.91. The minimum Gasteiger partial charge on any atom is -0.395 e. The highest BCUT2D eigenvalue weighted by Crippen LogP contribution is 2.03. The Morgan fingerprint density at radius 1 is 1.25 bits per heavy atom. The van der Waals surface area contributed by atoms with E-state index in [1.54, 1.807) is 0 Å². The van der Waals surface area contributed by atoms with Gasteiger partial charge in [-0.05, 0) is 12.8 Å². The summed E-state index contributed by atoms with van der Waals surface area (Å²) in [5.74, 6) is 0. The van der Waals surface area contributed by atoms with Crippen LogP contribution < -0.4 is 5.32 Å². The summed E-state index contributed by atoms with van der Waals surface area (Å²) in [5.41, 5.74) is 0. The van der Waals surface area contributed by atoms with E-state index in [-0.39, 0.29) is 25.3 Å². The van der Waals surface area contributed by atoms with Crippen molar-refractivity contribution in [2.45, 2.75) is 38.8 Å². The summed E-state index contributed by atoms with van der Waals surface area (Å²) in [5, 5.41) is 25.3. The predicted octanol–water partition coefficient (Wildman–Crippen LogP) is 0.101. The zero-order chi connectivity index (χ0) is 12.4. The van der Waals surface area contributed by atoms with Gasteiger partial charge < -0.3 is 15.5 Å². The topological polar surface area (TPSA) is 85.2 Å². The second-order valence-electron chi connectivity index (χ2n) is 3.73. The maximum Gasteiger partial charge on any atom is 0.0731 e. The number of rotatable bonds is 10. The van der Waals surface area contributed by atoms with Crippen LogP contribution in [0.1, 0.15) is 26.7 Å². The van der Waals surface area contributed by atoms with E-state index in [0.717, 1.165) is 6.42 Å². The molecular formula is C10H23N3O3. The maximum atomic E-state index is 10.6. The maximum absolute atomic E-state index is 10.6. The van der Waals surface area contributed by atoms with Gasteiger partial charge in [0, 0.05) is 12.6 Å². The second kappa shape index (κ2) is 9.50. The molecule has 0 saturated heterocycles. The van der Waals surface area contributed by atoms with E-state index in [9.17, 15) is 4.91 Å². The average Bonchev–Trinajstić information content (AvgIpc) is 2.33. The Morgan fingerprint density at radius 3 is 2.31 bits per heavy atom. The lowest BCUT2D eigenvalue weighted by Crippen LogP contribution is -2.41. The van der Waals surface area contributed by atoms with Crippen molar-refractivity contribution >= 4 is 0 Å². The van der Waals surface area contributed by atoms with Crippen molar-refractivity contribution in [1.29, 1.82) is 0 Å². The zero-order valence-corrected chi connectivity index (χ0v) is 10.1. The van der Waals surface area contributed by atoms with Gasteiger partial charge in [0.25, 0.3) is 0 Å². The molecule has 0 aliphatic rings. The van der Waals surface area contributed by atoms with Crippen LogP contribution in [0.2, 0.25) is 0 Å². The van der Waals surface area contributed by atoms with E-state index in [1.807, 2.05) is 13.8 Å². The van der Waals surface area contributed by atoms with Crippen LogP contribution in [0.4, 0.5) is 0 Å². The predicted molar refractivity (Wildman–Crippen MR) is 62.8 cm³/mol. The molecule has 6 nitrogen and oxygen atoms in total. The standard InChI is InChI=1S/C10H23N3O3/c1-3-9(7-14)11-5-6-13(12-16)10(4-2)8-15/h9-11,14-15H,3-8H2,1-2H3/t9-,10-/m0/s1. The number of nitrogens with one attached hydrogen (secondary N) is 1. The minimum atomic E-state index is -0.214. The largest absolute Gasteiger partial charge is 0.395 e. The monoisotopic (exact) mass is 233 g/mol. The lowest BCUT2D eigenvalue weighted by Gasteiger charge is -2.24. The lowest BCUT2D eigenvalue weighted by atomic mass is 10.2. The number of nitrogens with zero attached hydrogens (tertiary/aromatic N) is 2. The molecule has 0 saturated carbocycles. The highest BCUT2D eigenvalue weighted by atomic mass is 16.3. The average molecular weight is 233 g/mol. The summed E-state index contributed by atoms with van der Waals surface area (Å²) in [4.78, 5) is 10.6. The Kier molecular flexibility index (Phi) is 9.07. The molecule has 0 aliphatic heterocycles. The first kappa shape index (κ1) is 15.3. The van der Waals surface area contributed by atoms with Crippen molar-refractivity contribution in [3.63, 3.8) is 0 Å². The molecule has 0 fully saturated rings. The lowest BCUT2D eigenvalue weighted by molar-refractivity contribution is 0.119. The fourth-order valence-electron chi connectivity index (χ4n) is 1.45. The van der Waals surface area contributed by atoms with Crippen LogP contribution >= 0.6 is 0 Å². The first-order chi connectivity index (χ1) is 7.73. The van der Waals surface area contributed by atoms with Crippen molar-refractivity contribution in [3.8, 4) is 0 Å². The van der Waals surface area contributed by atoms with E-state index >= 15 is 0 Å². The molecule has 0 heterocycles. The SMILES string of the molecule is CC[C@@H](CO)NCCN(N=O)[C@@H](CC)CO. The number of nitroso groups, excluding NO2 is 1. The smallest absolute Gasteiger partial charge is 0.0731 e. The van der Waals surface area contributed by atoms with E-state index in [2.05, 4.69) is 10.6 Å². The molecule has 0 aromatic heterocycles. The van der Waals surface area contributed by atoms with Gasteiger partial charge in [0.1, 0.15) is 0 Å². The number of aliphatic hydroxyl groups is 2. The summed E-state index contributed by atoms with van der Waals surface area (Å²) in [7, 11) is 0. The molecule has 0 rings (SSSR count). The number of hydrogen-bond acceptors (Lipinski definition) is 5. The Balaban J connectivity index is 3.90. The van der Waals surface area contributed by atoms with Crippen LogP contribution in [0.3, 0.4) is 0 Å². The van der Waals surface area contributed by atoms with Crippen LogP contribution in [0, 0.1) is 4.91 Å². The second-order valence-corrected chi connectivity index (χ2v) is 3.73. The Morgan fingerprint density at radius 2 is 1.94 bits per heavy atom. The Bertz CT molecular complexity index is 173. The van der Waals surface area contributed by atoms with Crippen LogP contribution in [-0.2, 0) is 0 Å². The van der Waals surface area contributed by atoms with Gasteiger partial charge in [-0.1, -0.05) is 13.8 Å². The van der Waals surface area contributed by atoms with Gasteiger partial charge in [-0.3, -0.25) is 5.01 Å². The van der Waals surface area contributed by atoms with Crippen molar-refractivity contribution < 1.29 is 10.2 Å². The van der Waals surface area contributed by atoms with Gasteiger partial charge >= 0.3 is 0 Å². The quantitative estimate of drug-likeness (QED) is 0.368. The van der Waals surface area contributed by atoms with Crippen molar-refractivity contribution in [3.05, 3.63) is 4.91 Å². The van der Waals surface area contributed by atoms with Crippen LogP contribution in [0.5, 0.6) is 0 Å². The molecule has 0 aromatic rings. The Hall–Kier alpha value is -0.720. The van der Waals surface area contributed by atoms with Crippen LogP contribution in [-0.4, -0.2) is 53.6 Å². The van der Waals surface area contributed by atoms with Crippen molar-refractivity contribution in [2.24, 2.45) is 5.29 Å². The first-order valence-electron chi connectivity index (χ1n) is 5.78. The molecule has 0 aromatic carbocycles. The molecule has 0 amide bonds. The van der Waals surface area contributed by atoms with Gasteiger partial charge in [-0.15, -0.1) is 4.91 Å². The van der Waals surface area contributed by atoms with Gasteiger partial charge in [0.2, 0.25) is 0 Å². The third kappa shape index (κ3) is 5.39. The van der Waals surface area contributed by atoms with E-state index in [4.69, 9.17) is 10.2 Å². The van der Waals surface area contributed by atoms with Crippen LogP contribution in [0.25, 0.3) is 0 Å². The fraction of sp³-hybridized carbons (Fsp3) is 1.00. The third-order valence-electron chi connectivity index (χ3n) is 2.70. The van der Waals surface area contributed by atoms with Gasteiger partial charge in [-0.25, -0.2) is 0 Å². The summed E-state index contributed by atoms with van der Waals surface area (Å²) < 4.78 is 0. The normalized spacial score (nSPS) is 14.5. The number of aliphatic hydroxyl groups excluding tert-OH is 2. The van der Waals surface area contributed by atoms with Crippen molar-refractivity contribution in [1.82, 2.24) is 10.3 Å². The molecule has 0 aliphatic carbocycles. The highest BCUT2D eigenvalue weighted by Gasteiger charge is 2.15. The highest BCUT2D eigenvalue weighted by molar-refractivity contribution is 4.69. The third-order valence-corrected chi connectivity index (χ3v) is 2.70. The molecule has 0 radical (unpaired) electrons. The molecule has 0 unspecified atom stereocenters. The molecular weight excluding hydrogens is 210 g/mol. The summed E-state index contributed by atoms with van der Waals surface area (Å²) in [6, 6.07) is -0.156. The van der Waals surface area contributed by atoms with Gasteiger partial charge in [0.05, 0.1) is 31.1 Å². The van der Waals surface area contributed by atoms with Gasteiger partial charge in [-0.2, -0.15) is 0 Å². The molecule has 16 heavy (non-hydrogen) atoms. The summed E-state index contributed by atoms with van der Waals surface area (Å²) in [6.07, 6.45) is 1.52. The molecule has 6 heteroatoms. The van der Waals surface area contributed by atoms with Crippen molar-refractivity contribution in [2.75, 3.05) is 26.3 Å². The molecule has 0 spiro atoms. The van der Waals surface area contributed by atoms with E-state index in [0.29, 0.717) is 19.5 Å².